The number of hydrogen-bond acceptors (Lipinski definition) is 1. The summed E-state index contributed by atoms with van der Waals surface area (Å²) in [5.74, 6) is -0.122. The summed E-state index contributed by atoms with van der Waals surface area (Å²) in [6.07, 6.45) is 0.562. The van der Waals surface area contributed by atoms with Gasteiger partial charge in [0.25, 0.3) is 0 Å². The average Bonchev–Trinajstić information content (AvgIpc) is 2.39. The maximum atomic E-state index is 13.8. The predicted molar refractivity (Wildman–Crippen MR) is 78.1 cm³/mol. The first-order valence-corrected chi connectivity index (χ1v) is 6.68. The van der Waals surface area contributed by atoms with E-state index in [1.807, 2.05) is 25.1 Å². The van der Waals surface area contributed by atoms with Gasteiger partial charge >= 0.3 is 0 Å². The molecule has 0 aliphatic rings. The Morgan fingerprint density at radius 2 is 2.00 bits per heavy atom. The molecule has 2 N–H and O–H groups in total. The standard InChI is InChI=1S/C16H17ClFN/c1-11-3-2-4-12(7-11)14(10-19)8-13-9-15(17)5-6-16(13)18/h2-7,9,14H,8,10,19H2,1H3. The third-order valence-electron chi connectivity index (χ3n) is 3.27. The lowest BCUT2D eigenvalue weighted by Gasteiger charge is -2.16. The van der Waals surface area contributed by atoms with Crippen molar-refractivity contribution >= 4 is 11.6 Å². The zero-order valence-corrected chi connectivity index (χ0v) is 11.6. The number of nitrogens with two attached hydrogens (primary N) is 1. The van der Waals surface area contributed by atoms with E-state index in [-0.39, 0.29) is 11.7 Å². The molecular formula is C16H17ClFN. The SMILES string of the molecule is Cc1cccc(C(CN)Cc2cc(Cl)ccc2F)c1. The molecule has 100 valence electrons. The zero-order valence-electron chi connectivity index (χ0n) is 10.9. The van der Waals surface area contributed by atoms with Crippen molar-refractivity contribution in [3.8, 4) is 0 Å². The van der Waals surface area contributed by atoms with Gasteiger partial charge in [0.15, 0.2) is 0 Å². The molecule has 1 atom stereocenters. The Hall–Kier alpha value is -1.38. The largest absolute Gasteiger partial charge is 0.330 e. The van der Waals surface area contributed by atoms with Gasteiger partial charge in [-0.15, -0.1) is 0 Å². The summed E-state index contributed by atoms with van der Waals surface area (Å²) >= 11 is 5.92. The van der Waals surface area contributed by atoms with Crippen LogP contribution in [0.4, 0.5) is 4.39 Å². The van der Waals surface area contributed by atoms with Gasteiger partial charge in [-0.2, -0.15) is 0 Å². The second-order valence-electron chi connectivity index (χ2n) is 4.79. The van der Waals surface area contributed by atoms with Crippen molar-refractivity contribution in [1.82, 2.24) is 0 Å². The predicted octanol–water partition coefficient (Wildman–Crippen LogP) is 4.07. The molecule has 1 unspecified atom stereocenters. The van der Waals surface area contributed by atoms with Gasteiger partial charge in [-0.3, -0.25) is 0 Å². The monoisotopic (exact) mass is 277 g/mol. The molecule has 0 spiro atoms. The van der Waals surface area contributed by atoms with Gasteiger partial charge in [0.2, 0.25) is 0 Å². The Morgan fingerprint density at radius 1 is 1.21 bits per heavy atom. The van der Waals surface area contributed by atoms with E-state index in [0.29, 0.717) is 23.6 Å². The van der Waals surface area contributed by atoms with Crippen molar-refractivity contribution < 1.29 is 4.39 Å². The summed E-state index contributed by atoms with van der Waals surface area (Å²) in [6, 6.07) is 12.8. The van der Waals surface area contributed by atoms with Crippen LogP contribution in [0.15, 0.2) is 42.5 Å². The summed E-state index contributed by atoms with van der Waals surface area (Å²) in [7, 11) is 0. The average molecular weight is 278 g/mol. The van der Waals surface area contributed by atoms with Crippen molar-refractivity contribution in [1.29, 1.82) is 0 Å². The van der Waals surface area contributed by atoms with Crippen molar-refractivity contribution in [2.75, 3.05) is 6.54 Å². The lowest BCUT2D eigenvalue weighted by Crippen LogP contribution is -2.15. The summed E-state index contributed by atoms with van der Waals surface area (Å²) in [5, 5.41) is 0.552. The molecule has 0 heterocycles. The van der Waals surface area contributed by atoms with Crippen molar-refractivity contribution in [2.24, 2.45) is 5.73 Å². The Labute approximate surface area is 118 Å². The quantitative estimate of drug-likeness (QED) is 0.896. The van der Waals surface area contributed by atoms with Crippen LogP contribution in [0.3, 0.4) is 0 Å². The highest BCUT2D eigenvalue weighted by atomic mass is 35.5. The molecule has 0 amide bonds. The van der Waals surface area contributed by atoms with Gasteiger partial charge < -0.3 is 5.73 Å². The molecule has 3 heteroatoms. The highest BCUT2D eigenvalue weighted by molar-refractivity contribution is 6.30. The molecule has 19 heavy (non-hydrogen) atoms. The van der Waals surface area contributed by atoms with Crippen LogP contribution in [0.25, 0.3) is 0 Å². The Kier molecular flexibility index (Phi) is 4.56. The van der Waals surface area contributed by atoms with Crippen LogP contribution >= 0.6 is 11.6 Å². The third kappa shape index (κ3) is 3.55. The molecule has 0 saturated heterocycles. The summed E-state index contributed by atoms with van der Waals surface area (Å²) in [5.41, 5.74) is 8.77. The van der Waals surface area contributed by atoms with Gasteiger partial charge in [-0.25, -0.2) is 4.39 Å². The number of rotatable bonds is 4. The smallest absolute Gasteiger partial charge is 0.126 e. The van der Waals surface area contributed by atoms with Crippen LogP contribution < -0.4 is 5.73 Å². The van der Waals surface area contributed by atoms with Crippen LogP contribution in [0.2, 0.25) is 5.02 Å². The van der Waals surface area contributed by atoms with Crippen LogP contribution in [-0.2, 0) is 6.42 Å². The first-order valence-electron chi connectivity index (χ1n) is 6.30. The number of aryl methyl sites for hydroxylation is 1. The van der Waals surface area contributed by atoms with E-state index in [1.165, 1.54) is 11.6 Å². The highest BCUT2D eigenvalue weighted by Crippen LogP contribution is 2.24. The minimum Gasteiger partial charge on any atom is -0.330 e. The number of halogens is 2. The lowest BCUT2D eigenvalue weighted by molar-refractivity contribution is 0.590. The highest BCUT2D eigenvalue weighted by Gasteiger charge is 2.13. The van der Waals surface area contributed by atoms with Crippen LogP contribution in [0.1, 0.15) is 22.6 Å². The molecule has 0 bridgehead atoms. The lowest BCUT2D eigenvalue weighted by atomic mass is 9.91. The van der Waals surface area contributed by atoms with Crippen LogP contribution in [-0.4, -0.2) is 6.54 Å². The topological polar surface area (TPSA) is 26.0 Å². The van der Waals surface area contributed by atoms with E-state index >= 15 is 0 Å². The van der Waals surface area contributed by atoms with Crippen LogP contribution in [0.5, 0.6) is 0 Å². The molecule has 0 radical (unpaired) electrons. The van der Waals surface area contributed by atoms with Crippen molar-refractivity contribution in [2.45, 2.75) is 19.3 Å². The fraction of sp³-hybridized carbons (Fsp3) is 0.250. The summed E-state index contributed by atoms with van der Waals surface area (Å²) < 4.78 is 13.8. The van der Waals surface area contributed by atoms with Gasteiger partial charge in [-0.1, -0.05) is 41.4 Å². The minimum absolute atomic E-state index is 0.105. The molecule has 0 aliphatic carbocycles. The third-order valence-corrected chi connectivity index (χ3v) is 3.51. The molecule has 2 aromatic rings. The fourth-order valence-electron chi connectivity index (χ4n) is 2.23. The zero-order chi connectivity index (χ0) is 13.8. The number of benzene rings is 2. The van der Waals surface area contributed by atoms with Gasteiger partial charge in [-0.05, 0) is 49.2 Å². The summed E-state index contributed by atoms with van der Waals surface area (Å²) in [6.45, 7) is 2.52. The van der Waals surface area contributed by atoms with Gasteiger partial charge in [0.1, 0.15) is 5.82 Å². The molecule has 2 aromatic carbocycles. The second kappa shape index (κ2) is 6.18. The van der Waals surface area contributed by atoms with E-state index in [1.54, 1.807) is 12.1 Å². The molecule has 2 rings (SSSR count). The molecule has 0 fully saturated rings. The van der Waals surface area contributed by atoms with E-state index < -0.39 is 0 Å². The Morgan fingerprint density at radius 3 is 2.68 bits per heavy atom. The number of hydrogen-bond donors (Lipinski definition) is 1. The van der Waals surface area contributed by atoms with E-state index in [9.17, 15) is 4.39 Å². The normalized spacial score (nSPS) is 12.4. The Balaban J connectivity index is 2.26. The van der Waals surface area contributed by atoms with E-state index in [0.717, 1.165) is 5.56 Å². The maximum Gasteiger partial charge on any atom is 0.126 e. The molecule has 0 aliphatic heterocycles. The molecule has 1 nitrogen and oxygen atoms in total. The molecule has 0 saturated carbocycles. The molecule has 0 aromatic heterocycles. The fourth-order valence-corrected chi connectivity index (χ4v) is 2.42. The first-order chi connectivity index (χ1) is 9.10. The van der Waals surface area contributed by atoms with Crippen LogP contribution in [0, 0.1) is 12.7 Å². The first kappa shape index (κ1) is 14.0. The maximum absolute atomic E-state index is 13.8. The second-order valence-corrected chi connectivity index (χ2v) is 5.22. The van der Waals surface area contributed by atoms with Gasteiger partial charge in [0.05, 0.1) is 0 Å². The molecular weight excluding hydrogens is 261 g/mol. The van der Waals surface area contributed by atoms with E-state index in [2.05, 4.69) is 6.07 Å². The van der Waals surface area contributed by atoms with Crippen molar-refractivity contribution in [3.63, 3.8) is 0 Å². The van der Waals surface area contributed by atoms with E-state index in [4.69, 9.17) is 17.3 Å². The Bertz CT molecular complexity index is 568. The summed E-state index contributed by atoms with van der Waals surface area (Å²) in [4.78, 5) is 0. The van der Waals surface area contributed by atoms with Gasteiger partial charge in [0, 0.05) is 10.9 Å². The minimum atomic E-state index is -0.226. The van der Waals surface area contributed by atoms with Crippen molar-refractivity contribution in [3.05, 3.63) is 70.0 Å².